The van der Waals surface area contributed by atoms with Gasteiger partial charge in [0.05, 0.1) is 16.9 Å². The van der Waals surface area contributed by atoms with Crippen LogP contribution in [0, 0.1) is 6.92 Å². The molecule has 0 atom stereocenters. The molecule has 0 saturated heterocycles. The maximum absolute atomic E-state index is 4.73. The molecule has 1 aromatic carbocycles. The average molecular weight is 268 g/mol. The molecule has 0 unspecified atom stereocenters. The van der Waals surface area contributed by atoms with Crippen LogP contribution in [0.4, 0.5) is 0 Å². The zero-order valence-electron chi connectivity index (χ0n) is 11.3. The van der Waals surface area contributed by atoms with Gasteiger partial charge in [0.25, 0.3) is 0 Å². The van der Waals surface area contributed by atoms with E-state index in [1.807, 2.05) is 6.07 Å². The molecule has 2 nitrogen and oxygen atoms in total. The first-order valence-corrected chi connectivity index (χ1v) is 7.35. The highest BCUT2D eigenvalue weighted by molar-refractivity contribution is 7.13. The smallest absolute Gasteiger partial charge is 0.142 e. The minimum Gasteiger partial charge on any atom is -0.245 e. The molecule has 0 spiro atoms. The van der Waals surface area contributed by atoms with Gasteiger partial charge in [0, 0.05) is 10.8 Å². The summed E-state index contributed by atoms with van der Waals surface area (Å²) in [6.07, 6.45) is 0. The van der Waals surface area contributed by atoms with Crippen LogP contribution in [-0.4, -0.2) is 9.97 Å². The Hall–Kier alpha value is -1.74. The summed E-state index contributed by atoms with van der Waals surface area (Å²) in [4.78, 5) is 9.41. The summed E-state index contributed by atoms with van der Waals surface area (Å²) in [5.41, 5.74) is 4.42. The van der Waals surface area contributed by atoms with Crippen molar-refractivity contribution in [2.45, 2.75) is 26.7 Å². The number of pyridine rings is 1. The van der Waals surface area contributed by atoms with Crippen molar-refractivity contribution in [3.05, 3.63) is 47.0 Å². The van der Waals surface area contributed by atoms with Gasteiger partial charge in [0.2, 0.25) is 0 Å². The third-order valence-corrected chi connectivity index (χ3v) is 4.14. The fourth-order valence-electron chi connectivity index (χ4n) is 2.13. The summed E-state index contributed by atoms with van der Waals surface area (Å²) in [6.45, 7) is 6.46. The number of nitrogens with zero attached hydrogens (tertiary/aromatic N) is 2. The van der Waals surface area contributed by atoms with Crippen LogP contribution in [0.2, 0.25) is 0 Å². The largest absolute Gasteiger partial charge is 0.245 e. The quantitative estimate of drug-likeness (QED) is 0.667. The van der Waals surface area contributed by atoms with Crippen LogP contribution >= 0.6 is 11.3 Å². The molecule has 0 aliphatic heterocycles. The molecule has 96 valence electrons. The van der Waals surface area contributed by atoms with Crippen molar-refractivity contribution in [1.82, 2.24) is 9.97 Å². The van der Waals surface area contributed by atoms with Gasteiger partial charge in [-0.3, -0.25) is 0 Å². The van der Waals surface area contributed by atoms with Gasteiger partial charge >= 0.3 is 0 Å². The number of aryl methyl sites for hydroxylation is 1. The summed E-state index contributed by atoms with van der Waals surface area (Å²) >= 11 is 1.67. The third-order valence-electron chi connectivity index (χ3n) is 3.26. The van der Waals surface area contributed by atoms with E-state index in [-0.39, 0.29) is 0 Å². The number of rotatable bonds is 2. The number of thiazole rings is 1. The van der Waals surface area contributed by atoms with E-state index in [0.29, 0.717) is 5.92 Å². The lowest BCUT2D eigenvalue weighted by Crippen LogP contribution is -1.90. The highest BCUT2D eigenvalue weighted by Gasteiger charge is 2.10. The van der Waals surface area contributed by atoms with E-state index in [0.717, 1.165) is 21.9 Å². The molecule has 0 saturated carbocycles. The van der Waals surface area contributed by atoms with Crippen LogP contribution in [0.5, 0.6) is 0 Å². The van der Waals surface area contributed by atoms with Crippen LogP contribution < -0.4 is 0 Å². The molecule has 2 heterocycles. The molecule has 0 aliphatic rings. The number of aromatic nitrogens is 2. The van der Waals surface area contributed by atoms with Crippen molar-refractivity contribution in [1.29, 1.82) is 0 Å². The van der Waals surface area contributed by atoms with E-state index >= 15 is 0 Å². The fraction of sp³-hybridized carbons (Fsp3) is 0.250. The molecule has 0 aliphatic carbocycles. The second-order valence-electron chi connectivity index (χ2n) is 5.07. The Morgan fingerprint density at radius 2 is 1.89 bits per heavy atom. The summed E-state index contributed by atoms with van der Waals surface area (Å²) in [6, 6.07) is 10.4. The van der Waals surface area contributed by atoms with Gasteiger partial charge in [-0.2, -0.15) is 0 Å². The Balaban J connectivity index is 2.14. The van der Waals surface area contributed by atoms with E-state index in [1.165, 1.54) is 10.9 Å². The van der Waals surface area contributed by atoms with Crippen molar-refractivity contribution in [2.75, 3.05) is 0 Å². The van der Waals surface area contributed by atoms with Crippen molar-refractivity contribution >= 4 is 22.2 Å². The molecular weight excluding hydrogens is 252 g/mol. The summed E-state index contributed by atoms with van der Waals surface area (Å²) < 4.78 is 0. The number of para-hydroxylation sites is 1. The standard InChI is InChI=1S/C16H16N2S/c1-10(2)15-9-19-16(18-15)14-8-11(3)12-6-4-5-7-13(12)17-14/h4-10H,1-3H3. The van der Waals surface area contributed by atoms with E-state index < -0.39 is 0 Å². The van der Waals surface area contributed by atoms with Crippen LogP contribution in [0.1, 0.15) is 31.0 Å². The van der Waals surface area contributed by atoms with Crippen molar-refractivity contribution in [3.8, 4) is 10.7 Å². The minimum atomic E-state index is 0.464. The number of benzene rings is 1. The highest BCUT2D eigenvalue weighted by atomic mass is 32.1. The van der Waals surface area contributed by atoms with Crippen LogP contribution in [0.15, 0.2) is 35.7 Å². The zero-order chi connectivity index (χ0) is 13.4. The van der Waals surface area contributed by atoms with Gasteiger partial charge in [-0.1, -0.05) is 32.0 Å². The number of hydrogen-bond acceptors (Lipinski definition) is 3. The van der Waals surface area contributed by atoms with Gasteiger partial charge in [0.1, 0.15) is 5.01 Å². The predicted octanol–water partition coefficient (Wildman–Crippen LogP) is 4.79. The highest BCUT2D eigenvalue weighted by Crippen LogP contribution is 2.28. The summed E-state index contributed by atoms with van der Waals surface area (Å²) in [5.74, 6) is 0.464. The molecule has 3 heteroatoms. The SMILES string of the molecule is Cc1cc(-c2nc(C(C)C)cs2)nc2ccccc12. The second-order valence-corrected chi connectivity index (χ2v) is 5.93. The first kappa shape index (κ1) is 12.3. The van der Waals surface area contributed by atoms with Gasteiger partial charge in [0.15, 0.2) is 0 Å². The van der Waals surface area contributed by atoms with E-state index in [1.54, 1.807) is 11.3 Å². The van der Waals surface area contributed by atoms with Crippen molar-refractivity contribution < 1.29 is 0 Å². The molecule has 19 heavy (non-hydrogen) atoms. The molecule has 2 aromatic heterocycles. The average Bonchev–Trinajstić information content (AvgIpc) is 2.88. The maximum atomic E-state index is 4.73. The van der Waals surface area contributed by atoms with Gasteiger partial charge in [-0.05, 0) is 30.5 Å². The fourth-order valence-corrected chi connectivity index (χ4v) is 3.07. The van der Waals surface area contributed by atoms with E-state index in [4.69, 9.17) is 4.98 Å². The number of hydrogen-bond donors (Lipinski definition) is 0. The topological polar surface area (TPSA) is 25.8 Å². The van der Waals surface area contributed by atoms with Crippen LogP contribution in [0.25, 0.3) is 21.6 Å². The normalized spacial score (nSPS) is 11.4. The minimum absolute atomic E-state index is 0.464. The second kappa shape index (κ2) is 4.74. The number of fused-ring (bicyclic) bond motifs is 1. The van der Waals surface area contributed by atoms with Crippen molar-refractivity contribution in [2.24, 2.45) is 0 Å². The Morgan fingerprint density at radius 1 is 1.11 bits per heavy atom. The Morgan fingerprint density at radius 3 is 2.63 bits per heavy atom. The summed E-state index contributed by atoms with van der Waals surface area (Å²) in [7, 11) is 0. The Bertz CT molecular complexity index is 728. The Labute approximate surface area is 117 Å². The molecule has 0 bridgehead atoms. The van der Waals surface area contributed by atoms with Crippen molar-refractivity contribution in [3.63, 3.8) is 0 Å². The lowest BCUT2D eigenvalue weighted by Gasteiger charge is -2.04. The van der Waals surface area contributed by atoms with E-state index in [2.05, 4.69) is 55.4 Å². The molecule has 0 amide bonds. The van der Waals surface area contributed by atoms with Crippen LogP contribution in [0.3, 0.4) is 0 Å². The van der Waals surface area contributed by atoms with Gasteiger partial charge < -0.3 is 0 Å². The molecule has 0 fully saturated rings. The first-order valence-electron chi connectivity index (χ1n) is 6.47. The van der Waals surface area contributed by atoms with Crippen LogP contribution in [-0.2, 0) is 0 Å². The molecule has 0 N–H and O–H groups in total. The molecule has 3 aromatic rings. The lowest BCUT2D eigenvalue weighted by molar-refractivity contribution is 0.834. The Kier molecular flexibility index (Phi) is 3.07. The monoisotopic (exact) mass is 268 g/mol. The maximum Gasteiger partial charge on any atom is 0.142 e. The molecular formula is C16H16N2S. The molecule has 0 radical (unpaired) electrons. The summed E-state index contributed by atoms with van der Waals surface area (Å²) in [5, 5.41) is 4.36. The zero-order valence-corrected chi connectivity index (χ0v) is 12.2. The lowest BCUT2D eigenvalue weighted by atomic mass is 10.1. The van der Waals surface area contributed by atoms with Gasteiger partial charge in [-0.25, -0.2) is 9.97 Å². The van der Waals surface area contributed by atoms with E-state index in [9.17, 15) is 0 Å². The third kappa shape index (κ3) is 2.26. The molecule has 3 rings (SSSR count). The predicted molar refractivity (Wildman–Crippen MR) is 81.7 cm³/mol. The van der Waals surface area contributed by atoms with Gasteiger partial charge in [-0.15, -0.1) is 11.3 Å². The first-order chi connectivity index (χ1) is 9.15.